The van der Waals surface area contributed by atoms with Gasteiger partial charge in [-0.3, -0.25) is 9.69 Å². The van der Waals surface area contributed by atoms with Gasteiger partial charge in [-0.05, 0) is 37.3 Å². The molecule has 0 bridgehead atoms. The van der Waals surface area contributed by atoms with Crippen molar-refractivity contribution in [3.05, 3.63) is 52.9 Å². The van der Waals surface area contributed by atoms with Crippen LogP contribution in [0.5, 0.6) is 0 Å². The lowest BCUT2D eigenvalue weighted by Gasteiger charge is -2.16. The van der Waals surface area contributed by atoms with Gasteiger partial charge >= 0.3 is 6.03 Å². The van der Waals surface area contributed by atoms with Gasteiger partial charge in [0.2, 0.25) is 0 Å². The third-order valence-electron chi connectivity index (χ3n) is 3.94. The van der Waals surface area contributed by atoms with E-state index in [9.17, 15) is 14.0 Å². The highest BCUT2D eigenvalue weighted by atomic mass is 35.5. The van der Waals surface area contributed by atoms with Crippen LogP contribution in [0.2, 0.25) is 5.02 Å². The number of rotatable bonds is 4. The van der Waals surface area contributed by atoms with Crippen LogP contribution in [0.15, 0.2) is 36.5 Å². The first-order valence-electron chi connectivity index (χ1n) is 7.78. The lowest BCUT2D eigenvalue weighted by atomic mass is 10.2. The Hall–Kier alpha value is -2.67. The van der Waals surface area contributed by atoms with Crippen LogP contribution in [0.4, 0.5) is 20.7 Å². The lowest BCUT2D eigenvalue weighted by Crippen LogP contribution is -2.32. The highest BCUT2D eigenvalue weighted by Gasteiger charge is 2.28. The van der Waals surface area contributed by atoms with E-state index >= 15 is 0 Å². The molecule has 130 valence electrons. The van der Waals surface area contributed by atoms with Gasteiger partial charge in [0.1, 0.15) is 11.6 Å². The number of benzene rings is 1. The maximum absolute atomic E-state index is 13.2. The number of nitrogens with zero attached hydrogens (tertiary/aromatic N) is 3. The number of aromatic nitrogens is 1. The zero-order chi connectivity index (χ0) is 18.0. The number of amides is 3. The van der Waals surface area contributed by atoms with E-state index in [2.05, 4.69) is 10.3 Å². The fourth-order valence-electron chi connectivity index (χ4n) is 2.55. The van der Waals surface area contributed by atoms with Crippen LogP contribution in [0.3, 0.4) is 0 Å². The molecule has 6 nitrogen and oxygen atoms in total. The van der Waals surface area contributed by atoms with Crippen LogP contribution in [-0.4, -0.2) is 41.5 Å². The first-order chi connectivity index (χ1) is 12.0. The Bertz CT molecular complexity index is 813. The largest absolute Gasteiger partial charge is 0.325 e. The van der Waals surface area contributed by atoms with Crippen LogP contribution in [0.1, 0.15) is 17.3 Å². The molecule has 0 radical (unpaired) electrons. The summed E-state index contributed by atoms with van der Waals surface area (Å²) in [6, 6.07) is 7.00. The molecule has 3 rings (SSSR count). The number of hydrogen-bond donors (Lipinski definition) is 1. The van der Waals surface area contributed by atoms with E-state index in [4.69, 9.17) is 11.6 Å². The Morgan fingerprint density at radius 3 is 2.72 bits per heavy atom. The van der Waals surface area contributed by atoms with Gasteiger partial charge in [0.25, 0.3) is 5.91 Å². The Kier molecular flexibility index (Phi) is 4.85. The molecule has 0 saturated carbocycles. The van der Waals surface area contributed by atoms with Gasteiger partial charge in [-0.15, -0.1) is 0 Å². The van der Waals surface area contributed by atoms with Gasteiger partial charge in [0, 0.05) is 25.2 Å². The monoisotopic (exact) mass is 362 g/mol. The third-order valence-corrected chi connectivity index (χ3v) is 4.23. The molecular weight excluding hydrogens is 347 g/mol. The molecule has 1 aromatic heterocycles. The predicted octanol–water partition coefficient (Wildman–Crippen LogP) is 3.39. The van der Waals surface area contributed by atoms with Gasteiger partial charge in [-0.1, -0.05) is 11.6 Å². The summed E-state index contributed by atoms with van der Waals surface area (Å²) in [5.74, 6) is -0.477. The third kappa shape index (κ3) is 3.56. The summed E-state index contributed by atoms with van der Waals surface area (Å²) < 4.78 is 13.2. The smallest absolute Gasteiger partial charge is 0.323 e. The standard InChI is InChI=1S/C17H16ClFN4O2/c1-2-22-7-8-23(17(22)25)15-6-4-12(10-20-15)21-16(24)11-3-5-14(19)13(18)9-11/h3-6,9-10H,2,7-8H2,1H3,(H,21,24). The number of anilines is 2. The van der Waals surface area contributed by atoms with Gasteiger partial charge in [0.05, 0.1) is 16.9 Å². The Morgan fingerprint density at radius 1 is 1.32 bits per heavy atom. The van der Waals surface area contributed by atoms with Gasteiger partial charge < -0.3 is 10.2 Å². The summed E-state index contributed by atoms with van der Waals surface area (Å²) in [7, 11) is 0. The number of pyridine rings is 1. The van der Waals surface area contributed by atoms with Crippen LogP contribution >= 0.6 is 11.6 Å². The molecule has 0 atom stereocenters. The number of likely N-dealkylation sites (N-methyl/N-ethyl adjacent to an activating group) is 1. The topological polar surface area (TPSA) is 65.5 Å². The first kappa shape index (κ1) is 17.2. The van der Waals surface area contributed by atoms with Gasteiger partial charge in [0.15, 0.2) is 0 Å². The summed E-state index contributed by atoms with van der Waals surface area (Å²) in [5, 5.41) is 2.54. The minimum atomic E-state index is -0.583. The summed E-state index contributed by atoms with van der Waals surface area (Å²) in [6.07, 6.45) is 1.47. The minimum Gasteiger partial charge on any atom is -0.323 e. The van der Waals surface area contributed by atoms with Crippen molar-refractivity contribution in [1.29, 1.82) is 0 Å². The van der Waals surface area contributed by atoms with Crippen molar-refractivity contribution in [2.45, 2.75) is 6.92 Å². The van der Waals surface area contributed by atoms with Crippen LogP contribution in [-0.2, 0) is 0 Å². The molecular formula is C17H16ClFN4O2. The number of hydrogen-bond acceptors (Lipinski definition) is 3. The second kappa shape index (κ2) is 7.06. The SMILES string of the molecule is CCN1CCN(c2ccc(NC(=O)c3ccc(F)c(Cl)c3)cn2)C1=O. The summed E-state index contributed by atoms with van der Waals surface area (Å²) in [5.41, 5.74) is 0.706. The molecule has 3 amide bonds. The van der Waals surface area contributed by atoms with E-state index in [1.807, 2.05) is 6.92 Å². The summed E-state index contributed by atoms with van der Waals surface area (Å²) in [6.45, 7) is 3.83. The second-order valence-corrected chi connectivity index (χ2v) is 5.91. The fraction of sp³-hybridized carbons (Fsp3) is 0.235. The normalized spacial score (nSPS) is 14.1. The number of nitrogens with one attached hydrogen (secondary N) is 1. The average molecular weight is 363 g/mol. The van der Waals surface area contributed by atoms with E-state index in [1.54, 1.807) is 21.9 Å². The van der Waals surface area contributed by atoms with E-state index in [0.717, 1.165) is 6.07 Å². The molecule has 1 aromatic carbocycles. The molecule has 1 saturated heterocycles. The van der Waals surface area contributed by atoms with Crippen molar-refractivity contribution in [3.63, 3.8) is 0 Å². The molecule has 0 aliphatic carbocycles. The minimum absolute atomic E-state index is 0.0762. The highest BCUT2D eigenvalue weighted by Crippen LogP contribution is 2.21. The Morgan fingerprint density at radius 2 is 2.12 bits per heavy atom. The van der Waals surface area contributed by atoms with E-state index in [-0.39, 0.29) is 16.6 Å². The fourth-order valence-corrected chi connectivity index (χ4v) is 2.73. The van der Waals surface area contributed by atoms with Gasteiger partial charge in [-0.2, -0.15) is 0 Å². The second-order valence-electron chi connectivity index (χ2n) is 5.50. The molecule has 1 N–H and O–H groups in total. The highest BCUT2D eigenvalue weighted by molar-refractivity contribution is 6.31. The van der Waals surface area contributed by atoms with Crippen molar-refractivity contribution in [1.82, 2.24) is 9.88 Å². The lowest BCUT2D eigenvalue weighted by molar-refractivity contribution is 0.102. The van der Waals surface area contributed by atoms with E-state index in [0.29, 0.717) is 31.1 Å². The van der Waals surface area contributed by atoms with Crippen LogP contribution in [0.25, 0.3) is 0 Å². The quantitative estimate of drug-likeness (QED) is 0.906. The number of halogens is 2. The summed E-state index contributed by atoms with van der Waals surface area (Å²) in [4.78, 5) is 31.9. The molecule has 0 unspecified atom stereocenters. The molecule has 1 fully saturated rings. The van der Waals surface area contributed by atoms with E-state index < -0.39 is 11.7 Å². The van der Waals surface area contributed by atoms with Crippen molar-refractivity contribution in [2.75, 3.05) is 29.9 Å². The van der Waals surface area contributed by atoms with Crippen molar-refractivity contribution in [2.24, 2.45) is 0 Å². The Labute approximate surface area is 149 Å². The molecule has 25 heavy (non-hydrogen) atoms. The van der Waals surface area contributed by atoms with Crippen LogP contribution < -0.4 is 10.2 Å². The molecule has 1 aliphatic rings. The van der Waals surface area contributed by atoms with Crippen molar-refractivity contribution in [3.8, 4) is 0 Å². The predicted molar refractivity (Wildman–Crippen MR) is 93.6 cm³/mol. The zero-order valence-corrected chi connectivity index (χ0v) is 14.3. The molecule has 2 aromatic rings. The molecule has 0 spiro atoms. The molecule has 8 heteroatoms. The van der Waals surface area contributed by atoms with Gasteiger partial charge in [-0.25, -0.2) is 14.2 Å². The van der Waals surface area contributed by atoms with Crippen LogP contribution in [0, 0.1) is 5.82 Å². The summed E-state index contributed by atoms with van der Waals surface area (Å²) >= 11 is 5.68. The average Bonchev–Trinajstić information content (AvgIpc) is 2.98. The van der Waals surface area contributed by atoms with E-state index in [1.165, 1.54) is 18.3 Å². The number of urea groups is 1. The maximum atomic E-state index is 13.2. The Balaban J connectivity index is 1.69. The number of carbonyl (C=O) groups is 2. The maximum Gasteiger partial charge on any atom is 0.325 e. The molecule has 1 aliphatic heterocycles. The van der Waals surface area contributed by atoms with Crippen molar-refractivity contribution < 1.29 is 14.0 Å². The van der Waals surface area contributed by atoms with Crippen molar-refractivity contribution >= 4 is 35.0 Å². The number of carbonyl (C=O) groups excluding carboxylic acids is 2. The first-order valence-corrected chi connectivity index (χ1v) is 8.16. The molecule has 2 heterocycles. The zero-order valence-electron chi connectivity index (χ0n) is 13.5.